The highest BCUT2D eigenvalue weighted by Gasteiger charge is 2.16. The van der Waals surface area contributed by atoms with Gasteiger partial charge in [0.25, 0.3) is 0 Å². The van der Waals surface area contributed by atoms with E-state index in [4.69, 9.17) is 9.47 Å². The number of nitrogens with zero attached hydrogens (tertiary/aromatic N) is 3. The molecule has 1 aliphatic rings. The van der Waals surface area contributed by atoms with Crippen molar-refractivity contribution >= 4 is 45.9 Å². The van der Waals surface area contributed by atoms with E-state index >= 15 is 0 Å². The molecule has 10 heteroatoms. The number of amides is 1. The predicted octanol–water partition coefficient (Wildman–Crippen LogP) is 5.01. The maximum absolute atomic E-state index is 12.5. The first-order valence-corrected chi connectivity index (χ1v) is 13.5. The lowest BCUT2D eigenvalue weighted by Gasteiger charge is -2.11. The van der Waals surface area contributed by atoms with E-state index in [1.54, 1.807) is 0 Å². The Morgan fingerprint density at radius 1 is 0.972 bits per heavy atom. The molecule has 0 unspecified atom stereocenters. The van der Waals surface area contributed by atoms with Crippen LogP contribution in [-0.4, -0.2) is 33.2 Å². The summed E-state index contributed by atoms with van der Waals surface area (Å²) in [6.45, 7) is 1.20. The Balaban J connectivity index is 1.18. The number of para-hydroxylation sites is 1. The lowest BCUT2D eigenvalue weighted by atomic mass is 10.2. The molecule has 1 aliphatic heterocycles. The third-order valence-corrected chi connectivity index (χ3v) is 7.15. The van der Waals surface area contributed by atoms with Crippen LogP contribution in [-0.2, 0) is 17.9 Å². The summed E-state index contributed by atoms with van der Waals surface area (Å²) in [6, 6.07) is 23.9. The smallest absolute Gasteiger partial charge is 0.231 e. The molecule has 0 aliphatic carbocycles. The lowest BCUT2D eigenvalue weighted by Crippen LogP contribution is -2.23. The summed E-state index contributed by atoms with van der Waals surface area (Å²) in [5.41, 5.74) is 2.97. The largest absolute Gasteiger partial charge is 0.454 e. The van der Waals surface area contributed by atoms with E-state index in [9.17, 15) is 4.79 Å². The molecule has 0 fully saturated rings. The minimum atomic E-state index is -0.0217. The quantitative estimate of drug-likeness (QED) is 0.192. The fourth-order valence-electron chi connectivity index (χ4n) is 3.67. The molecule has 8 nitrogen and oxygen atoms in total. The number of halogens is 1. The molecule has 3 aromatic carbocycles. The molecule has 36 heavy (non-hydrogen) atoms. The van der Waals surface area contributed by atoms with E-state index < -0.39 is 0 Å². The lowest BCUT2D eigenvalue weighted by molar-refractivity contribution is -0.120. The van der Waals surface area contributed by atoms with Crippen molar-refractivity contribution in [1.29, 1.82) is 0 Å². The second-order valence-electron chi connectivity index (χ2n) is 7.99. The van der Waals surface area contributed by atoms with Crippen molar-refractivity contribution in [2.24, 2.45) is 0 Å². The van der Waals surface area contributed by atoms with Crippen LogP contribution >= 0.6 is 34.4 Å². The zero-order chi connectivity index (χ0) is 24.7. The van der Waals surface area contributed by atoms with E-state index in [0.717, 1.165) is 33.7 Å². The number of anilines is 1. The predicted molar refractivity (Wildman–Crippen MR) is 148 cm³/mol. The second kappa shape index (κ2) is 11.7. The molecule has 5 rings (SSSR count). The van der Waals surface area contributed by atoms with Crippen LogP contribution in [0.1, 0.15) is 17.8 Å². The highest BCUT2D eigenvalue weighted by atomic mass is 127. The number of hydrogen-bond donors (Lipinski definition) is 2. The topological polar surface area (TPSA) is 90.3 Å². The first kappa shape index (κ1) is 24.4. The Bertz CT molecular complexity index is 1330. The Labute approximate surface area is 226 Å². The van der Waals surface area contributed by atoms with Crippen LogP contribution in [0.5, 0.6) is 11.5 Å². The Morgan fingerprint density at radius 3 is 2.61 bits per heavy atom. The maximum atomic E-state index is 12.5. The van der Waals surface area contributed by atoms with Crippen LogP contribution in [0.3, 0.4) is 0 Å². The monoisotopic (exact) mass is 613 g/mol. The summed E-state index contributed by atoms with van der Waals surface area (Å²) in [7, 11) is 0. The number of fused-ring (bicyclic) bond motifs is 1. The number of carbonyl (C=O) groups is 1. The highest BCUT2D eigenvalue weighted by molar-refractivity contribution is 14.1. The molecule has 0 atom stereocenters. The SMILES string of the molecule is O=C(CCSc1nnc(CNc2ccc(I)cc2)n1-c1ccccc1)NCc1ccc2c(c1)OCO2. The Morgan fingerprint density at radius 2 is 1.78 bits per heavy atom. The highest BCUT2D eigenvalue weighted by Crippen LogP contribution is 2.32. The van der Waals surface area contributed by atoms with Gasteiger partial charge < -0.3 is 20.1 Å². The first-order valence-electron chi connectivity index (χ1n) is 11.4. The zero-order valence-corrected chi connectivity index (χ0v) is 22.3. The van der Waals surface area contributed by atoms with Gasteiger partial charge in [0.2, 0.25) is 12.7 Å². The third kappa shape index (κ3) is 6.11. The average molecular weight is 613 g/mol. The number of hydrogen-bond acceptors (Lipinski definition) is 7. The third-order valence-electron chi connectivity index (χ3n) is 5.50. The van der Waals surface area contributed by atoms with Gasteiger partial charge in [-0.2, -0.15) is 0 Å². The van der Waals surface area contributed by atoms with Crippen molar-refractivity contribution in [2.75, 3.05) is 17.9 Å². The van der Waals surface area contributed by atoms with E-state index in [1.807, 2.05) is 65.2 Å². The molecule has 0 saturated heterocycles. The van der Waals surface area contributed by atoms with Gasteiger partial charge in [-0.3, -0.25) is 9.36 Å². The summed E-state index contributed by atoms with van der Waals surface area (Å²) >= 11 is 3.80. The van der Waals surface area contributed by atoms with Crippen molar-refractivity contribution in [3.05, 3.63) is 87.8 Å². The molecular weight excluding hydrogens is 589 g/mol. The van der Waals surface area contributed by atoms with Gasteiger partial charge in [0.05, 0.1) is 6.54 Å². The molecule has 0 bridgehead atoms. The molecule has 0 radical (unpaired) electrons. The number of nitrogens with one attached hydrogen (secondary N) is 2. The molecule has 1 amide bonds. The van der Waals surface area contributed by atoms with Crippen molar-refractivity contribution in [1.82, 2.24) is 20.1 Å². The summed E-state index contributed by atoms with van der Waals surface area (Å²) in [6.07, 6.45) is 0.368. The van der Waals surface area contributed by atoms with E-state index in [1.165, 1.54) is 15.3 Å². The maximum Gasteiger partial charge on any atom is 0.231 e. The molecular formula is C26H24IN5O3S. The molecule has 0 spiro atoms. The van der Waals surface area contributed by atoms with Gasteiger partial charge in [0, 0.05) is 33.7 Å². The number of benzene rings is 3. The van der Waals surface area contributed by atoms with Gasteiger partial charge in [-0.05, 0) is 76.7 Å². The van der Waals surface area contributed by atoms with Crippen LogP contribution in [0, 0.1) is 3.57 Å². The minimum absolute atomic E-state index is 0.0217. The number of aromatic nitrogens is 3. The fourth-order valence-corrected chi connectivity index (χ4v) is 4.94. The summed E-state index contributed by atoms with van der Waals surface area (Å²) in [4.78, 5) is 12.5. The van der Waals surface area contributed by atoms with Gasteiger partial charge in [0.15, 0.2) is 22.5 Å². The van der Waals surface area contributed by atoms with Crippen LogP contribution in [0.25, 0.3) is 5.69 Å². The van der Waals surface area contributed by atoms with Crippen molar-refractivity contribution in [3.63, 3.8) is 0 Å². The molecule has 184 valence electrons. The molecule has 2 N–H and O–H groups in total. The molecule has 2 heterocycles. The number of ether oxygens (including phenoxy) is 2. The van der Waals surface area contributed by atoms with Crippen molar-refractivity contribution < 1.29 is 14.3 Å². The van der Waals surface area contributed by atoms with Crippen molar-refractivity contribution in [2.45, 2.75) is 24.7 Å². The molecule has 0 saturated carbocycles. The summed E-state index contributed by atoms with van der Waals surface area (Å²) in [5.74, 6) is 2.81. The van der Waals surface area contributed by atoms with E-state index in [0.29, 0.717) is 31.0 Å². The van der Waals surface area contributed by atoms with Crippen LogP contribution < -0.4 is 20.1 Å². The minimum Gasteiger partial charge on any atom is -0.454 e. The van der Waals surface area contributed by atoms with Gasteiger partial charge >= 0.3 is 0 Å². The van der Waals surface area contributed by atoms with Gasteiger partial charge in [-0.15, -0.1) is 10.2 Å². The van der Waals surface area contributed by atoms with Crippen LogP contribution in [0.15, 0.2) is 78.0 Å². The standard InChI is InChI=1S/C26H24IN5O3S/c27-19-7-9-20(10-8-19)28-16-24-30-31-26(32(24)21-4-2-1-3-5-21)36-13-12-25(33)29-15-18-6-11-22-23(14-18)35-17-34-22/h1-11,14,28H,12-13,15-17H2,(H,29,33). The van der Waals surface area contributed by atoms with E-state index in [-0.39, 0.29) is 12.7 Å². The average Bonchev–Trinajstić information content (AvgIpc) is 3.54. The number of rotatable bonds is 10. The van der Waals surface area contributed by atoms with E-state index in [2.05, 4.69) is 55.6 Å². The fraction of sp³-hybridized carbons (Fsp3) is 0.192. The first-order chi connectivity index (χ1) is 17.7. The van der Waals surface area contributed by atoms with Crippen LogP contribution in [0.2, 0.25) is 0 Å². The second-order valence-corrected chi connectivity index (χ2v) is 10.3. The number of carbonyl (C=O) groups excluding carboxylic acids is 1. The normalized spacial score (nSPS) is 11.9. The molecule has 4 aromatic rings. The Hall–Kier alpha value is -3.25. The molecule has 1 aromatic heterocycles. The Kier molecular flexibility index (Phi) is 7.91. The number of thioether (sulfide) groups is 1. The van der Waals surface area contributed by atoms with Gasteiger partial charge in [0.1, 0.15) is 0 Å². The summed E-state index contributed by atoms with van der Waals surface area (Å²) in [5, 5.41) is 16.0. The van der Waals surface area contributed by atoms with Gasteiger partial charge in [-0.25, -0.2) is 0 Å². The van der Waals surface area contributed by atoms with Crippen LogP contribution in [0.4, 0.5) is 5.69 Å². The van der Waals surface area contributed by atoms with Gasteiger partial charge in [-0.1, -0.05) is 36.0 Å². The van der Waals surface area contributed by atoms with Crippen molar-refractivity contribution in [3.8, 4) is 17.2 Å². The summed E-state index contributed by atoms with van der Waals surface area (Å²) < 4.78 is 13.9. The zero-order valence-electron chi connectivity index (χ0n) is 19.3.